The Morgan fingerprint density at radius 2 is 2.10 bits per heavy atom. The Morgan fingerprint density at radius 1 is 1.35 bits per heavy atom. The molecule has 1 amide bonds. The van der Waals surface area contributed by atoms with Crippen LogP contribution < -0.4 is 5.32 Å². The number of carbonyl (C=O) groups is 1. The lowest BCUT2D eigenvalue weighted by molar-refractivity contribution is -0.116. The predicted molar refractivity (Wildman–Crippen MR) is 84.2 cm³/mol. The third kappa shape index (κ3) is 6.03. The van der Waals surface area contributed by atoms with Gasteiger partial charge in [-0.1, -0.05) is 41.9 Å². The van der Waals surface area contributed by atoms with E-state index in [2.05, 4.69) is 21.2 Å². The van der Waals surface area contributed by atoms with Crippen LogP contribution in [0.3, 0.4) is 0 Å². The molecule has 0 spiro atoms. The van der Waals surface area contributed by atoms with Gasteiger partial charge in [0.25, 0.3) is 0 Å². The highest BCUT2D eigenvalue weighted by atomic mass is 79.9. The highest BCUT2D eigenvalue weighted by molar-refractivity contribution is 9.10. The lowest BCUT2D eigenvalue weighted by atomic mass is 10.1. The van der Waals surface area contributed by atoms with Gasteiger partial charge in [0.05, 0.1) is 24.6 Å². The van der Waals surface area contributed by atoms with E-state index in [4.69, 9.17) is 9.47 Å². The van der Waals surface area contributed by atoms with Crippen molar-refractivity contribution < 1.29 is 14.3 Å². The molecule has 1 N–H and O–H groups in total. The maximum absolute atomic E-state index is 12.0. The number of carbonyl (C=O) groups excluding carboxylic acids is 1. The second-order valence-corrected chi connectivity index (χ2v) is 5.87. The van der Waals surface area contributed by atoms with Crippen molar-refractivity contribution in [3.8, 4) is 0 Å². The van der Waals surface area contributed by atoms with Crippen LogP contribution in [0.1, 0.15) is 19.4 Å². The van der Waals surface area contributed by atoms with E-state index in [9.17, 15) is 4.79 Å². The molecule has 0 fully saturated rings. The third-order valence-electron chi connectivity index (χ3n) is 2.73. The molecule has 20 heavy (non-hydrogen) atoms. The lowest BCUT2D eigenvalue weighted by Crippen LogP contribution is -2.27. The molecule has 0 aliphatic carbocycles. The smallest absolute Gasteiger partial charge is 0.238 e. The second-order valence-electron chi connectivity index (χ2n) is 4.88. The summed E-state index contributed by atoms with van der Waals surface area (Å²) in [6, 6.07) is 7.67. The number of methoxy groups -OCH3 is 1. The fourth-order valence-corrected chi connectivity index (χ4v) is 1.70. The minimum Gasteiger partial charge on any atom is -0.382 e. The molecule has 0 saturated heterocycles. The molecule has 0 aromatic heterocycles. The van der Waals surface area contributed by atoms with Crippen LogP contribution in [0.5, 0.6) is 0 Å². The average molecular weight is 344 g/mol. The number of nitrogens with one attached hydrogen (secondary N) is 1. The summed E-state index contributed by atoms with van der Waals surface area (Å²) in [5.41, 5.74) is 1.81. The summed E-state index contributed by atoms with van der Waals surface area (Å²) >= 11 is 3.39. The molecule has 4 nitrogen and oxygen atoms in total. The molecule has 1 atom stereocenters. The maximum Gasteiger partial charge on any atom is 0.238 e. The van der Waals surface area contributed by atoms with Crippen molar-refractivity contribution in [3.63, 3.8) is 0 Å². The molecule has 0 radical (unpaired) electrons. The van der Waals surface area contributed by atoms with Gasteiger partial charge in [-0.25, -0.2) is 0 Å². The zero-order valence-electron chi connectivity index (χ0n) is 12.2. The number of halogens is 1. The Labute approximate surface area is 129 Å². The Hall–Kier alpha value is -0.910. The van der Waals surface area contributed by atoms with Crippen molar-refractivity contribution in [3.05, 3.63) is 29.8 Å². The van der Waals surface area contributed by atoms with Crippen LogP contribution in [0.4, 0.5) is 5.69 Å². The van der Waals surface area contributed by atoms with Crippen molar-refractivity contribution in [2.45, 2.75) is 25.3 Å². The zero-order valence-corrected chi connectivity index (χ0v) is 13.8. The molecule has 0 aliphatic heterocycles. The van der Waals surface area contributed by atoms with Crippen molar-refractivity contribution in [1.82, 2.24) is 0 Å². The Balaban J connectivity index is 2.53. The highest BCUT2D eigenvalue weighted by Crippen LogP contribution is 2.17. The largest absolute Gasteiger partial charge is 0.382 e. The van der Waals surface area contributed by atoms with Gasteiger partial charge in [-0.2, -0.15) is 0 Å². The summed E-state index contributed by atoms with van der Waals surface area (Å²) in [5, 5.41) is 2.90. The van der Waals surface area contributed by atoms with Crippen LogP contribution >= 0.6 is 15.9 Å². The highest BCUT2D eigenvalue weighted by Gasteiger charge is 2.18. The number of rotatable bonds is 8. The quantitative estimate of drug-likeness (QED) is 0.582. The van der Waals surface area contributed by atoms with Gasteiger partial charge in [0.1, 0.15) is 0 Å². The number of anilines is 1. The number of hydrogen-bond donors (Lipinski definition) is 1. The maximum atomic E-state index is 12.0. The van der Waals surface area contributed by atoms with Gasteiger partial charge in [-0.3, -0.25) is 4.79 Å². The fraction of sp³-hybridized carbons (Fsp3) is 0.533. The summed E-state index contributed by atoms with van der Waals surface area (Å²) in [4.78, 5) is 11.8. The van der Waals surface area contributed by atoms with Crippen LogP contribution in [-0.2, 0) is 20.9 Å². The van der Waals surface area contributed by atoms with Gasteiger partial charge in [0.2, 0.25) is 5.91 Å². The number of amides is 1. The van der Waals surface area contributed by atoms with Crippen molar-refractivity contribution >= 4 is 27.5 Å². The van der Waals surface area contributed by atoms with Crippen LogP contribution in [0.2, 0.25) is 0 Å². The van der Waals surface area contributed by atoms with E-state index < -0.39 is 0 Å². The van der Waals surface area contributed by atoms with Crippen molar-refractivity contribution in [1.29, 1.82) is 0 Å². The predicted octanol–water partition coefficient (Wildman–Crippen LogP) is 3.21. The topological polar surface area (TPSA) is 47.6 Å². The summed E-state index contributed by atoms with van der Waals surface area (Å²) in [5.74, 6) is 0.216. The standard InChI is InChI=1S/C15H22BrNO3/c1-11(2)14(16)15(18)17-13-6-4-5-12(9-13)10-20-8-7-19-3/h4-6,9,11,14H,7-8,10H2,1-3H3,(H,17,18). The minimum atomic E-state index is -0.191. The summed E-state index contributed by atoms with van der Waals surface area (Å²) in [6.07, 6.45) is 0. The molecule has 1 unspecified atom stereocenters. The SMILES string of the molecule is COCCOCc1cccc(NC(=O)C(Br)C(C)C)c1. The average Bonchev–Trinajstić information content (AvgIpc) is 2.43. The monoisotopic (exact) mass is 343 g/mol. The molecular weight excluding hydrogens is 322 g/mol. The molecule has 0 bridgehead atoms. The van der Waals surface area contributed by atoms with Gasteiger partial charge >= 0.3 is 0 Å². The Bertz CT molecular complexity index is 423. The molecule has 0 aliphatic rings. The van der Waals surface area contributed by atoms with E-state index in [1.807, 2.05) is 38.1 Å². The van der Waals surface area contributed by atoms with E-state index in [0.29, 0.717) is 19.8 Å². The van der Waals surface area contributed by atoms with Crippen LogP contribution in [0, 0.1) is 5.92 Å². The molecule has 0 heterocycles. The normalized spacial score (nSPS) is 12.4. The molecular formula is C15H22BrNO3. The molecule has 1 aromatic rings. The van der Waals surface area contributed by atoms with Gasteiger partial charge in [0, 0.05) is 12.8 Å². The second kappa shape index (κ2) is 9.10. The molecule has 1 aromatic carbocycles. The third-order valence-corrected chi connectivity index (χ3v) is 4.20. The lowest BCUT2D eigenvalue weighted by Gasteiger charge is -2.14. The summed E-state index contributed by atoms with van der Waals surface area (Å²) in [7, 11) is 1.64. The molecule has 112 valence electrons. The summed E-state index contributed by atoms with van der Waals surface area (Å²) in [6.45, 7) is 5.65. The van der Waals surface area contributed by atoms with E-state index in [1.165, 1.54) is 0 Å². The first-order valence-corrected chi connectivity index (χ1v) is 7.56. The van der Waals surface area contributed by atoms with Gasteiger partial charge in [0.15, 0.2) is 0 Å². The van der Waals surface area contributed by atoms with Crippen LogP contribution in [-0.4, -0.2) is 31.1 Å². The molecule has 5 heteroatoms. The van der Waals surface area contributed by atoms with Gasteiger partial charge in [-0.05, 0) is 23.6 Å². The van der Waals surface area contributed by atoms with Crippen molar-refractivity contribution in [2.75, 3.05) is 25.6 Å². The van der Waals surface area contributed by atoms with Crippen LogP contribution in [0.25, 0.3) is 0 Å². The number of ether oxygens (including phenoxy) is 2. The van der Waals surface area contributed by atoms with E-state index in [1.54, 1.807) is 7.11 Å². The Morgan fingerprint density at radius 3 is 2.75 bits per heavy atom. The van der Waals surface area contributed by atoms with Gasteiger partial charge in [-0.15, -0.1) is 0 Å². The number of hydrogen-bond acceptors (Lipinski definition) is 3. The van der Waals surface area contributed by atoms with Gasteiger partial charge < -0.3 is 14.8 Å². The summed E-state index contributed by atoms with van der Waals surface area (Å²) < 4.78 is 10.4. The van der Waals surface area contributed by atoms with E-state index in [-0.39, 0.29) is 16.7 Å². The molecule has 1 rings (SSSR count). The fourth-order valence-electron chi connectivity index (χ4n) is 1.59. The first-order valence-electron chi connectivity index (χ1n) is 6.65. The zero-order chi connectivity index (χ0) is 15.0. The number of alkyl halides is 1. The van der Waals surface area contributed by atoms with Crippen LogP contribution in [0.15, 0.2) is 24.3 Å². The molecule has 0 saturated carbocycles. The number of benzene rings is 1. The van der Waals surface area contributed by atoms with E-state index in [0.717, 1.165) is 11.3 Å². The minimum absolute atomic E-state index is 0.0301. The van der Waals surface area contributed by atoms with Crippen molar-refractivity contribution in [2.24, 2.45) is 5.92 Å². The Kier molecular flexibility index (Phi) is 7.80. The first-order chi connectivity index (χ1) is 9.54. The van der Waals surface area contributed by atoms with E-state index >= 15 is 0 Å². The first kappa shape index (κ1) is 17.1.